The molecule has 2 aromatic carbocycles. The molecular weight excluding hydrogens is 390 g/mol. The summed E-state index contributed by atoms with van der Waals surface area (Å²) in [6.07, 6.45) is 0. The summed E-state index contributed by atoms with van der Waals surface area (Å²) < 4.78 is 63.1. The predicted molar refractivity (Wildman–Crippen MR) is 86.5 cm³/mol. The summed E-state index contributed by atoms with van der Waals surface area (Å²) in [5.41, 5.74) is 21.2. The van der Waals surface area contributed by atoms with Crippen molar-refractivity contribution >= 4 is 43.0 Å². The van der Waals surface area contributed by atoms with Crippen LogP contribution in [0.5, 0.6) is 0 Å². The van der Waals surface area contributed by atoms with Crippen LogP contribution in [0.1, 0.15) is 0 Å². The fourth-order valence-corrected chi connectivity index (χ4v) is 2.81. The van der Waals surface area contributed by atoms with Crippen LogP contribution in [0.25, 0.3) is 0 Å². The van der Waals surface area contributed by atoms with E-state index < -0.39 is 30.0 Å². The molecule has 0 bridgehead atoms. The van der Waals surface area contributed by atoms with Gasteiger partial charge in [-0.1, -0.05) is 0 Å². The van der Waals surface area contributed by atoms with Gasteiger partial charge in [-0.2, -0.15) is 0 Å². The molecule has 26 heavy (non-hydrogen) atoms. The third-order valence-corrected chi connectivity index (χ3v) is 4.40. The quantitative estimate of drug-likeness (QED) is 0.211. The summed E-state index contributed by atoms with van der Waals surface area (Å²) in [5.74, 6) is 0. The molecule has 0 aliphatic carbocycles. The molecule has 0 fully saturated rings. The van der Waals surface area contributed by atoms with E-state index in [9.17, 15) is 25.9 Å². The van der Waals surface area contributed by atoms with Crippen LogP contribution in [0, 0.1) is 0 Å². The molecule has 132 valence electrons. The van der Waals surface area contributed by atoms with E-state index in [2.05, 4.69) is 0 Å². The summed E-state index contributed by atoms with van der Waals surface area (Å²) >= 11 is 0. The Labute approximate surface area is 185 Å². The van der Waals surface area contributed by atoms with Gasteiger partial charge in [0.2, 0.25) is 0 Å². The molecule has 0 heterocycles. The molecule has 0 atom stereocenters. The van der Waals surface area contributed by atoms with E-state index >= 15 is 0 Å². The molecule has 0 unspecified atom stereocenters. The molecule has 2 aromatic rings. The van der Waals surface area contributed by atoms with Gasteiger partial charge in [0, 0.05) is 22.7 Å². The minimum Gasteiger partial charge on any atom is -0.744 e. The zero-order valence-corrected chi connectivity index (χ0v) is 17.7. The molecular formula is C12H14LiN4NaO6S2. The minimum absolute atomic E-state index is 0. The van der Waals surface area contributed by atoms with Crippen molar-refractivity contribution in [3.8, 4) is 0 Å². The first-order valence-electron chi connectivity index (χ1n) is 6.04. The fourth-order valence-electron chi connectivity index (χ4n) is 1.53. The molecule has 0 saturated heterocycles. The molecule has 0 aromatic heterocycles. The summed E-state index contributed by atoms with van der Waals surface area (Å²) in [7, 11) is -9.02. The number of anilines is 4. The summed E-state index contributed by atoms with van der Waals surface area (Å²) in [6, 6.07) is 7.48. The van der Waals surface area contributed by atoms with E-state index in [4.69, 9.17) is 22.9 Å². The number of hydrogen-bond donors (Lipinski definition) is 4. The first-order valence-corrected chi connectivity index (χ1v) is 8.86. The second-order valence-corrected chi connectivity index (χ2v) is 7.20. The van der Waals surface area contributed by atoms with E-state index in [1.807, 2.05) is 0 Å². The van der Waals surface area contributed by atoms with E-state index in [1.54, 1.807) is 0 Å². The number of rotatable bonds is 2. The summed E-state index contributed by atoms with van der Waals surface area (Å²) in [5, 5.41) is 0. The Hall–Kier alpha value is -0.943. The van der Waals surface area contributed by atoms with Crippen molar-refractivity contribution in [1.82, 2.24) is 0 Å². The molecule has 0 aliphatic heterocycles. The van der Waals surface area contributed by atoms with Crippen molar-refractivity contribution < 1.29 is 74.4 Å². The second kappa shape index (κ2) is 10.4. The van der Waals surface area contributed by atoms with Crippen molar-refractivity contribution in [3.05, 3.63) is 36.4 Å². The monoisotopic (exact) mass is 404 g/mol. The maximum Gasteiger partial charge on any atom is 1.00 e. The molecule has 14 heteroatoms. The molecule has 2 rings (SSSR count). The van der Waals surface area contributed by atoms with E-state index in [0.717, 1.165) is 12.1 Å². The second-order valence-electron chi connectivity index (χ2n) is 4.50. The number of nitrogen functional groups attached to an aromatic ring is 4. The van der Waals surface area contributed by atoms with Crippen LogP contribution in [0.3, 0.4) is 0 Å². The van der Waals surface area contributed by atoms with Crippen molar-refractivity contribution in [2.75, 3.05) is 22.9 Å². The predicted octanol–water partition coefficient (Wildman–Crippen LogP) is -6.48. The smallest absolute Gasteiger partial charge is 0.744 e. The Morgan fingerprint density at radius 3 is 1.12 bits per heavy atom. The van der Waals surface area contributed by atoms with E-state index in [-0.39, 0.29) is 71.2 Å². The van der Waals surface area contributed by atoms with Crippen molar-refractivity contribution in [1.29, 1.82) is 0 Å². The number of nitrogens with two attached hydrogens (primary N) is 4. The van der Waals surface area contributed by atoms with E-state index in [1.165, 1.54) is 24.3 Å². The van der Waals surface area contributed by atoms with Gasteiger partial charge in [-0.15, -0.1) is 0 Å². The van der Waals surface area contributed by atoms with Crippen LogP contribution in [-0.4, -0.2) is 25.9 Å². The van der Waals surface area contributed by atoms with Gasteiger partial charge in [-0.3, -0.25) is 0 Å². The van der Waals surface area contributed by atoms with Crippen molar-refractivity contribution in [2.24, 2.45) is 0 Å². The number of benzene rings is 2. The van der Waals surface area contributed by atoms with Crippen molar-refractivity contribution in [3.63, 3.8) is 0 Å². The molecule has 0 saturated carbocycles. The van der Waals surface area contributed by atoms with Crippen LogP contribution in [-0.2, 0) is 20.2 Å². The van der Waals surface area contributed by atoms with Gasteiger partial charge in [-0.25, -0.2) is 16.8 Å². The average Bonchev–Trinajstić information content (AvgIpc) is 2.42. The van der Waals surface area contributed by atoms with Gasteiger partial charge < -0.3 is 32.0 Å². The first-order chi connectivity index (χ1) is 10.8. The van der Waals surface area contributed by atoms with Gasteiger partial charge >= 0.3 is 48.4 Å². The van der Waals surface area contributed by atoms with E-state index in [0.29, 0.717) is 0 Å². The van der Waals surface area contributed by atoms with Gasteiger partial charge in [0.05, 0.1) is 9.79 Å². The normalized spacial score (nSPS) is 10.5. The van der Waals surface area contributed by atoms with Gasteiger partial charge in [0.15, 0.2) is 0 Å². The molecule has 0 spiro atoms. The van der Waals surface area contributed by atoms with Gasteiger partial charge in [0.1, 0.15) is 20.2 Å². The Kier molecular flexibility index (Phi) is 10.9. The zero-order chi connectivity index (χ0) is 18.7. The first kappa shape index (κ1) is 27.3. The molecule has 0 radical (unpaired) electrons. The van der Waals surface area contributed by atoms with Crippen LogP contribution in [0.15, 0.2) is 46.2 Å². The van der Waals surface area contributed by atoms with Crippen LogP contribution in [0.2, 0.25) is 0 Å². The molecule has 0 amide bonds. The third kappa shape index (κ3) is 8.17. The molecule has 10 nitrogen and oxygen atoms in total. The standard InChI is InChI=1S/2C6H8N2O3S.Li.Na/c2*7-4-1-2-5(8)6(3-4)12(9,10)11;;/h2*1-3H,7-8H2,(H,9,10,11);;/q;;2*+1/p-2. The zero-order valence-electron chi connectivity index (χ0n) is 14.0. The number of hydrogen-bond acceptors (Lipinski definition) is 10. The largest absolute Gasteiger partial charge is 1.00 e. The molecule has 8 N–H and O–H groups in total. The molecule has 0 aliphatic rings. The Bertz CT molecular complexity index is 890. The maximum atomic E-state index is 10.5. The fraction of sp³-hybridized carbons (Fsp3) is 0. The topological polar surface area (TPSA) is 218 Å². The van der Waals surface area contributed by atoms with Gasteiger partial charge in [0.25, 0.3) is 0 Å². The Morgan fingerprint density at radius 1 is 0.654 bits per heavy atom. The Morgan fingerprint density at radius 2 is 0.923 bits per heavy atom. The van der Waals surface area contributed by atoms with Crippen molar-refractivity contribution in [2.45, 2.75) is 9.79 Å². The SMILES string of the molecule is Nc1ccc(N)c(S(=O)(=O)[O-])c1.Nc1ccc(N)c(S(=O)(=O)[O-])c1.[Li+].[Na+]. The summed E-state index contributed by atoms with van der Waals surface area (Å²) in [4.78, 5) is -0.940. The Balaban J connectivity index is 0. The summed E-state index contributed by atoms with van der Waals surface area (Å²) in [6.45, 7) is 0. The van der Waals surface area contributed by atoms with Gasteiger partial charge in [-0.05, 0) is 36.4 Å². The van der Waals surface area contributed by atoms with Crippen LogP contribution >= 0.6 is 0 Å². The average molecular weight is 404 g/mol. The maximum absolute atomic E-state index is 10.5. The minimum atomic E-state index is -4.51. The van der Waals surface area contributed by atoms with Crippen LogP contribution in [0.4, 0.5) is 22.7 Å². The third-order valence-electron chi connectivity index (χ3n) is 2.61. The van der Waals surface area contributed by atoms with Crippen LogP contribution < -0.4 is 71.4 Å².